The second kappa shape index (κ2) is 10.8. The molecule has 1 heterocycles. The lowest BCUT2D eigenvalue weighted by Crippen LogP contribution is -2.42. The summed E-state index contributed by atoms with van der Waals surface area (Å²) in [5.41, 5.74) is 0.590. The lowest BCUT2D eigenvalue weighted by Gasteiger charge is -2.12. The molecule has 0 fully saturated rings. The number of aromatic nitrogens is 1. The highest BCUT2D eigenvalue weighted by Crippen LogP contribution is 2.13. The standard InChI is InChI=1S/C18H24ClN5OS/c1-3-15-12-24-16(26-15)8-9-22-18(20-2)23-11-10-21-17(25)13-4-6-14(19)7-5-13/h4-7,12H,3,8-11H2,1-2H3,(H,21,25)(H2,20,22,23). The molecule has 0 aliphatic heterocycles. The summed E-state index contributed by atoms with van der Waals surface area (Å²) < 4.78 is 0. The highest BCUT2D eigenvalue weighted by Gasteiger charge is 2.05. The van der Waals surface area contributed by atoms with Crippen molar-refractivity contribution in [3.8, 4) is 0 Å². The fourth-order valence-corrected chi connectivity index (χ4v) is 3.18. The lowest BCUT2D eigenvalue weighted by atomic mass is 10.2. The maximum absolute atomic E-state index is 12.0. The van der Waals surface area contributed by atoms with Crippen LogP contribution in [0, 0.1) is 0 Å². The third-order valence-electron chi connectivity index (χ3n) is 3.61. The van der Waals surface area contributed by atoms with Crippen molar-refractivity contribution in [1.82, 2.24) is 20.9 Å². The van der Waals surface area contributed by atoms with Crippen molar-refractivity contribution in [2.75, 3.05) is 26.7 Å². The largest absolute Gasteiger partial charge is 0.356 e. The Hall–Kier alpha value is -2.12. The van der Waals surface area contributed by atoms with Crippen molar-refractivity contribution in [3.05, 3.63) is 50.9 Å². The highest BCUT2D eigenvalue weighted by atomic mass is 35.5. The number of carbonyl (C=O) groups excluding carboxylic acids is 1. The molecule has 140 valence electrons. The Morgan fingerprint density at radius 3 is 2.50 bits per heavy atom. The van der Waals surface area contributed by atoms with Crippen molar-refractivity contribution in [2.45, 2.75) is 19.8 Å². The summed E-state index contributed by atoms with van der Waals surface area (Å²) in [5.74, 6) is 0.583. The van der Waals surface area contributed by atoms with Crippen LogP contribution in [0.3, 0.4) is 0 Å². The van der Waals surface area contributed by atoms with E-state index >= 15 is 0 Å². The molecule has 8 heteroatoms. The van der Waals surface area contributed by atoms with E-state index in [-0.39, 0.29) is 5.91 Å². The zero-order valence-electron chi connectivity index (χ0n) is 15.0. The number of hydrogen-bond acceptors (Lipinski definition) is 4. The Bertz CT molecular complexity index is 729. The molecule has 2 rings (SSSR count). The molecule has 0 bridgehead atoms. The van der Waals surface area contributed by atoms with Gasteiger partial charge in [-0.1, -0.05) is 18.5 Å². The highest BCUT2D eigenvalue weighted by molar-refractivity contribution is 7.11. The predicted octanol–water partition coefficient (Wildman–Crippen LogP) is 2.50. The first-order valence-corrected chi connectivity index (χ1v) is 9.73. The molecule has 3 N–H and O–H groups in total. The Balaban J connectivity index is 1.63. The van der Waals surface area contributed by atoms with Crippen LogP contribution in [0.5, 0.6) is 0 Å². The smallest absolute Gasteiger partial charge is 0.251 e. The van der Waals surface area contributed by atoms with E-state index in [4.69, 9.17) is 11.6 Å². The van der Waals surface area contributed by atoms with E-state index in [1.807, 2.05) is 6.20 Å². The monoisotopic (exact) mass is 393 g/mol. The number of aryl methyl sites for hydroxylation is 1. The van der Waals surface area contributed by atoms with Crippen molar-refractivity contribution in [2.24, 2.45) is 4.99 Å². The SMILES string of the molecule is CCc1cnc(CCNC(=NC)NCCNC(=O)c2ccc(Cl)cc2)s1. The number of amides is 1. The van der Waals surface area contributed by atoms with E-state index in [9.17, 15) is 4.79 Å². The second-order valence-corrected chi connectivity index (χ2v) is 7.15. The first kappa shape index (κ1) is 20.2. The van der Waals surface area contributed by atoms with Crippen LogP contribution in [0.2, 0.25) is 5.02 Å². The average molecular weight is 394 g/mol. The Kier molecular flexibility index (Phi) is 8.37. The van der Waals surface area contributed by atoms with E-state index in [0.29, 0.717) is 29.6 Å². The summed E-state index contributed by atoms with van der Waals surface area (Å²) in [7, 11) is 1.72. The van der Waals surface area contributed by atoms with Crippen LogP contribution in [0.15, 0.2) is 35.5 Å². The number of halogens is 1. The molecule has 0 unspecified atom stereocenters. The molecule has 26 heavy (non-hydrogen) atoms. The quantitative estimate of drug-likeness (QED) is 0.366. The first-order valence-electron chi connectivity index (χ1n) is 8.54. The minimum Gasteiger partial charge on any atom is -0.356 e. The van der Waals surface area contributed by atoms with Crippen molar-refractivity contribution >= 4 is 34.8 Å². The van der Waals surface area contributed by atoms with Gasteiger partial charge in [-0.05, 0) is 30.7 Å². The molecule has 1 aromatic heterocycles. The maximum atomic E-state index is 12.0. The van der Waals surface area contributed by atoms with E-state index in [1.165, 1.54) is 4.88 Å². The summed E-state index contributed by atoms with van der Waals surface area (Å²) in [6, 6.07) is 6.81. The first-order chi connectivity index (χ1) is 12.6. The summed E-state index contributed by atoms with van der Waals surface area (Å²) in [5, 5.41) is 11.0. The van der Waals surface area contributed by atoms with E-state index in [0.717, 1.165) is 24.4 Å². The van der Waals surface area contributed by atoms with Gasteiger partial charge in [0.2, 0.25) is 0 Å². The fraction of sp³-hybridized carbons (Fsp3) is 0.389. The predicted molar refractivity (Wildman–Crippen MR) is 108 cm³/mol. The van der Waals surface area contributed by atoms with Gasteiger partial charge in [-0.3, -0.25) is 9.79 Å². The number of thiazole rings is 1. The van der Waals surface area contributed by atoms with Crippen LogP contribution >= 0.6 is 22.9 Å². The van der Waals surface area contributed by atoms with Crippen LogP contribution in [0.4, 0.5) is 0 Å². The number of guanidine groups is 1. The molecule has 1 aromatic carbocycles. The fourth-order valence-electron chi connectivity index (χ4n) is 2.20. The molecule has 0 aliphatic rings. The number of rotatable bonds is 8. The molecular formula is C18H24ClN5OS. The van der Waals surface area contributed by atoms with Gasteiger partial charge in [0.25, 0.3) is 5.91 Å². The van der Waals surface area contributed by atoms with Crippen LogP contribution in [-0.2, 0) is 12.8 Å². The van der Waals surface area contributed by atoms with Gasteiger partial charge in [0, 0.05) is 54.8 Å². The minimum absolute atomic E-state index is 0.123. The number of nitrogens with zero attached hydrogens (tertiary/aromatic N) is 2. The Labute approximate surface area is 163 Å². The second-order valence-electron chi connectivity index (χ2n) is 5.51. The molecule has 0 aliphatic carbocycles. The number of nitrogens with one attached hydrogen (secondary N) is 3. The molecule has 0 saturated heterocycles. The van der Waals surface area contributed by atoms with Crippen molar-refractivity contribution in [1.29, 1.82) is 0 Å². The van der Waals surface area contributed by atoms with Gasteiger partial charge in [-0.15, -0.1) is 11.3 Å². The van der Waals surface area contributed by atoms with Crippen LogP contribution in [-0.4, -0.2) is 43.5 Å². The molecule has 2 aromatic rings. The molecule has 0 saturated carbocycles. The van der Waals surface area contributed by atoms with Crippen LogP contribution < -0.4 is 16.0 Å². The van der Waals surface area contributed by atoms with Crippen molar-refractivity contribution < 1.29 is 4.79 Å². The minimum atomic E-state index is -0.123. The topological polar surface area (TPSA) is 78.4 Å². The van der Waals surface area contributed by atoms with Gasteiger partial charge in [-0.25, -0.2) is 4.98 Å². The molecule has 1 amide bonds. The van der Waals surface area contributed by atoms with Crippen LogP contribution in [0.1, 0.15) is 27.2 Å². The lowest BCUT2D eigenvalue weighted by molar-refractivity contribution is 0.0954. The molecular weight excluding hydrogens is 370 g/mol. The third kappa shape index (κ3) is 6.65. The third-order valence-corrected chi connectivity index (χ3v) is 5.07. The van der Waals surface area contributed by atoms with Crippen molar-refractivity contribution in [3.63, 3.8) is 0 Å². The van der Waals surface area contributed by atoms with Gasteiger partial charge in [-0.2, -0.15) is 0 Å². The summed E-state index contributed by atoms with van der Waals surface area (Å²) in [6.45, 7) is 3.96. The van der Waals surface area contributed by atoms with Gasteiger partial charge in [0.1, 0.15) is 0 Å². The molecule has 6 nitrogen and oxygen atoms in total. The molecule has 0 spiro atoms. The summed E-state index contributed by atoms with van der Waals surface area (Å²) in [6.07, 6.45) is 3.82. The summed E-state index contributed by atoms with van der Waals surface area (Å²) >= 11 is 7.57. The summed E-state index contributed by atoms with van der Waals surface area (Å²) in [4.78, 5) is 21.9. The van der Waals surface area contributed by atoms with E-state index in [2.05, 4.69) is 32.9 Å². The zero-order chi connectivity index (χ0) is 18.8. The van der Waals surface area contributed by atoms with E-state index in [1.54, 1.807) is 42.6 Å². The zero-order valence-corrected chi connectivity index (χ0v) is 16.6. The van der Waals surface area contributed by atoms with Gasteiger partial charge in [0.05, 0.1) is 5.01 Å². The molecule has 0 radical (unpaired) electrons. The average Bonchev–Trinajstić information content (AvgIpc) is 3.12. The van der Waals surface area contributed by atoms with Gasteiger partial charge < -0.3 is 16.0 Å². The maximum Gasteiger partial charge on any atom is 0.251 e. The van der Waals surface area contributed by atoms with E-state index < -0.39 is 0 Å². The number of hydrogen-bond donors (Lipinski definition) is 3. The Morgan fingerprint density at radius 2 is 1.85 bits per heavy atom. The normalized spacial score (nSPS) is 11.3. The Morgan fingerprint density at radius 1 is 1.15 bits per heavy atom. The molecule has 0 atom stereocenters. The number of aliphatic imine (C=N–C) groups is 1. The van der Waals surface area contributed by atoms with Crippen LogP contribution in [0.25, 0.3) is 0 Å². The number of carbonyl (C=O) groups is 1. The van der Waals surface area contributed by atoms with Gasteiger partial charge in [0.15, 0.2) is 5.96 Å². The number of benzene rings is 1. The van der Waals surface area contributed by atoms with Gasteiger partial charge >= 0.3 is 0 Å².